The number of hydrogen-bond donors (Lipinski definition) is 0. The van der Waals surface area contributed by atoms with Crippen LogP contribution in [-0.4, -0.2) is 69.4 Å². The number of alkyl halides is 3. The first kappa shape index (κ1) is 26.6. The van der Waals surface area contributed by atoms with E-state index in [1.165, 1.54) is 28.6 Å². The smallest absolute Gasteiger partial charge is 0.416 e. The second-order valence-electron chi connectivity index (χ2n) is 8.76. The van der Waals surface area contributed by atoms with Crippen LogP contribution >= 0.6 is 11.6 Å². The molecule has 196 valence electrons. The van der Waals surface area contributed by atoms with Crippen LogP contribution < -0.4 is 9.64 Å². The molecule has 0 N–H and O–H groups in total. The SMILES string of the molecule is O=C(COc1ccc(S(=O)(=O)N2CCCCC2)cc1Cl)N1CCN(c2cccc(C(F)(F)F)c2)CC1. The fourth-order valence-corrected chi connectivity index (χ4v) is 6.18. The van der Waals surface area contributed by atoms with Crippen molar-refractivity contribution in [3.05, 3.63) is 53.1 Å². The Balaban J connectivity index is 1.31. The van der Waals surface area contributed by atoms with Gasteiger partial charge in [0.1, 0.15) is 5.75 Å². The Labute approximate surface area is 213 Å². The van der Waals surface area contributed by atoms with Gasteiger partial charge in [-0.2, -0.15) is 17.5 Å². The molecule has 4 rings (SSSR count). The maximum atomic E-state index is 13.0. The number of sulfonamides is 1. The molecule has 0 atom stereocenters. The standard InChI is InChI=1S/C24H27ClF3N3O4S/c25-21-16-20(36(33,34)31-9-2-1-3-10-31)7-8-22(21)35-17-23(32)30-13-11-29(12-14-30)19-6-4-5-18(15-19)24(26,27)28/h4-8,15-16H,1-3,9-14,17H2. The first-order valence-corrected chi connectivity index (χ1v) is 13.5. The average molecular weight is 546 g/mol. The van der Waals surface area contributed by atoms with Gasteiger partial charge in [0, 0.05) is 45.0 Å². The van der Waals surface area contributed by atoms with E-state index in [-0.39, 0.29) is 28.2 Å². The summed E-state index contributed by atoms with van der Waals surface area (Å²) in [4.78, 5) is 16.1. The number of piperazine rings is 1. The minimum atomic E-state index is -4.41. The van der Waals surface area contributed by atoms with Crippen LogP contribution in [0, 0.1) is 0 Å². The lowest BCUT2D eigenvalue weighted by Gasteiger charge is -2.36. The number of anilines is 1. The van der Waals surface area contributed by atoms with E-state index in [4.69, 9.17) is 16.3 Å². The van der Waals surface area contributed by atoms with Crippen molar-refractivity contribution >= 4 is 33.2 Å². The van der Waals surface area contributed by atoms with Gasteiger partial charge in [-0.15, -0.1) is 0 Å². The third kappa shape index (κ3) is 6.07. The fourth-order valence-electron chi connectivity index (χ4n) is 4.34. The van der Waals surface area contributed by atoms with Crippen LogP contribution in [0.4, 0.5) is 18.9 Å². The van der Waals surface area contributed by atoms with Gasteiger partial charge in [-0.25, -0.2) is 8.42 Å². The second kappa shape index (κ2) is 10.9. The largest absolute Gasteiger partial charge is 0.482 e. The normalized spacial score (nSPS) is 17.8. The number of piperidine rings is 1. The molecule has 0 aliphatic carbocycles. The van der Waals surface area contributed by atoms with E-state index < -0.39 is 21.8 Å². The van der Waals surface area contributed by atoms with Crippen LogP contribution in [0.5, 0.6) is 5.75 Å². The number of rotatable bonds is 6. The van der Waals surface area contributed by atoms with Crippen LogP contribution in [0.1, 0.15) is 24.8 Å². The second-order valence-corrected chi connectivity index (χ2v) is 11.1. The first-order chi connectivity index (χ1) is 17.1. The molecule has 36 heavy (non-hydrogen) atoms. The molecule has 0 radical (unpaired) electrons. The van der Waals surface area contributed by atoms with Crippen LogP contribution in [0.2, 0.25) is 5.02 Å². The summed E-state index contributed by atoms with van der Waals surface area (Å²) in [7, 11) is -3.64. The van der Waals surface area contributed by atoms with Crippen molar-refractivity contribution in [2.24, 2.45) is 0 Å². The van der Waals surface area contributed by atoms with E-state index in [0.29, 0.717) is 45.0 Å². The Morgan fingerprint density at radius 1 is 0.944 bits per heavy atom. The van der Waals surface area contributed by atoms with Gasteiger partial charge in [0.05, 0.1) is 15.5 Å². The molecule has 0 unspecified atom stereocenters. The van der Waals surface area contributed by atoms with Crippen molar-refractivity contribution in [2.45, 2.75) is 30.3 Å². The molecule has 0 bridgehead atoms. The van der Waals surface area contributed by atoms with Gasteiger partial charge in [0.25, 0.3) is 5.91 Å². The molecule has 0 saturated carbocycles. The zero-order valence-electron chi connectivity index (χ0n) is 19.5. The molecule has 2 aromatic rings. The van der Waals surface area contributed by atoms with Gasteiger partial charge in [-0.1, -0.05) is 24.1 Å². The Morgan fingerprint density at radius 3 is 2.28 bits per heavy atom. The molecule has 2 saturated heterocycles. The van der Waals surface area contributed by atoms with Gasteiger partial charge in [-0.3, -0.25) is 4.79 Å². The van der Waals surface area contributed by atoms with Crippen molar-refractivity contribution in [1.29, 1.82) is 0 Å². The zero-order chi connectivity index (χ0) is 25.9. The molecule has 2 aromatic carbocycles. The number of halogens is 4. The lowest BCUT2D eigenvalue weighted by atomic mass is 10.1. The fraction of sp³-hybridized carbons (Fsp3) is 0.458. The van der Waals surface area contributed by atoms with Crippen molar-refractivity contribution in [1.82, 2.24) is 9.21 Å². The molecule has 0 spiro atoms. The number of hydrogen-bond acceptors (Lipinski definition) is 5. The maximum Gasteiger partial charge on any atom is 0.416 e. The van der Waals surface area contributed by atoms with E-state index in [2.05, 4.69) is 0 Å². The molecule has 7 nitrogen and oxygen atoms in total. The topological polar surface area (TPSA) is 70.2 Å². The van der Waals surface area contributed by atoms with Crippen molar-refractivity contribution in [3.8, 4) is 5.75 Å². The van der Waals surface area contributed by atoms with Gasteiger partial charge in [0.2, 0.25) is 10.0 Å². The first-order valence-electron chi connectivity index (χ1n) is 11.7. The van der Waals surface area contributed by atoms with E-state index in [1.54, 1.807) is 15.9 Å². The van der Waals surface area contributed by atoms with Crippen LogP contribution in [0.3, 0.4) is 0 Å². The predicted octanol–water partition coefficient (Wildman–Crippen LogP) is 4.26. The highest BCUT2D eigenvalue weighted by Crippen LogP contribution is 2.32. The summed E-state index contributed by atoms with van der Waals surface area (Å²) >= 11 is 6.26. The summed E-state index contributed by atoms with van der Waals surface area (Å²) < 4.78 is 71.6. The predicted molar refractivity (Wildman–Crippen MR) is 130 cm³/mol. The monoisotopic (exact) mass is 545 g/mol. The van der Waals surface area contributed by atoms with Gasteiger partial charge in [0.15, 0.2) is 6.61 Å². The Kier molecular flexibility index (Phi) is 8.01. The molecule has 2 fully saturated rings. The summed E-state index contributed by atoms with van der Waals surface area (Å²) in [6.45, 7) is 2.11. The Bertz CT molecular complexity index is 1200. The lowest BCUT2D eigenvalue weighted by Crippen LogP contribution is -2.50. The van der Waals surface area contributed by atoms with Gasteiger partial charge >= 0.3 is 6.18 Å². The number of amides is 1. The summed E-state index contributed by atoms with van der Waals surface area (Å²) in [6.07, 6.45) is -1.76. The molecule has 1 amide bonds. The minimum Gasteiger partial charge on any atom is -0.482 e. The lowest BCUT2D eigenvalue weighted by molar-refractivity contribution is -0.137. The molecular formula is C24H27ClF3N3O4S. The van der Waals surface area contributed by atoms with E-state index in [9.17, 15) is 26.4 Å². The summed E-state index contributed by atoms with van der Waals surface area (Å²) in [5.74, 6) is -0.0926. The third-order valence-electron chi connectivity index (χ3n) is 6.38. The molecule has 2 aliphatic heterocycles. The highest BCUT2D eigenvalue weighted by atomic mass is 35.5. The Morgan fingerprint density at radius 2 is 1.64 bits per heavy atom. The number of benzene rings is 2. The minimum absolute atomic E-state index is 0.0822. The third-order valence-corrected chi connectivity index (χ3v) is 8.57. The zero-order valence-corrected chi connectivity index (χ0v) is 21.1. The number of ether oxygens (including phenoxy) is 1. The molecular weight excluding hydrogens is 519 g/mol. The summed E-state index contributed by atoms with van der Waals surface area (Å²) in [5.41, 5.74) is -0.252. The van der Waals surface area contributed by atoms with Gasteiger partial charge < -0.3 is 14.5 Å². The summed E-state index contributed by atoms with van der Waals surface area (Å²) in [6, 6.07) is 9.32. The highest BCUT2D eigenvalue weighted by molar-refractivity contribution is 7.89. The number of carbonyl (C=O) groups is 1. The molecule has 12 heteroatoms. The molecule has 2 aliphatic rings. The number of nitrogens with zero attached hydrogens (tertiary/aromatic N) is 3. The quantitative estimate of drug-likeness (QED) is 0.542. The summed E-state index contributed by atoms with van der Waals surface area (Å²) in [5, 5.41) is 0.0928. The van der Waals surface area contributed by atoms with Gasteiger partial charge in [-0.05, 0) is 49.2 Å². The maximum absolute atomic E-state index is 13.0. The highest BCUT2D eigenvalue weighted by Gasteiger charge is 2.31. The van der Waals surface area contributed by atoms with Crippen LogP contribution in [-0.2, 0) is 21.0 Å². The van der Waals surface area contributed by atoms with Crippen molar-refractivity contribution < 1.29 is 31.1 Å². The van der Waals surface area contributed by atoms with E-state index >= 15 is 0 Å². The van der Waals surface area contributed by atoms with Crippen LogP contribution in [0.15, 0.2) is 47.4 Å². The number of carbonyl (C=O) groups excluding carboxylic acids is 1. The Hall–Kier alpha value is -2.50. The van der Waals surface area contributed by atoms with E-state index in [1.807, 2.05) is 0 Å². The average Bonchev–Trinajstić information content (AvgIpc) is 2.88. The van der Waals surface area contributed by atoms with Crippen molar-refractivity contribution in [2.75, 3.05) is 50.8 Å². The van der Waals surface area contributed by atoms with Crippen molar-refractivity contribution in [3.63, 3.8) is 0 Å². The van der Waals surface area contributed by atoms with Crippen LogP contribution in [0.25, 0.3) is 0 Å². The van der Waals surface area contributed by atoms with E-state index in [0.717, 1.165) is 31.4 Å². The molecule has 2 heterocycles. The molecule has 0 aromatic heterocycles.